The normalized spacial score (nSPS) is 14.5. The number of piperazine rings is 1. The van der Waals surface area contributed by atoms with Crippen LogP contribution >= 0.6 is 23.1 Å². The van der Waals surface area contributed by atoms with Crippen LogP contribution < -0.4 is 10.5 Å². The minimum absolute atomic E-state index is 0.0123. The number of amides is 1. The minimum atomic E-state index is -0.239. The summed E-state index contributed by atoms with van der Waals surface area (Å²) in [7, 11) is 0. The van der Waals surface area contributed by atoms with E-state index in [1.165, 1.54) is 29.2 Å². The molecule has 1 saturated heterocycles. The third-order valence-corrected chi connectivity index (χ3v) is 7.46. The molecule has 1 amide bonds. The van der Waals surface area contributed by atoms with Crippen molar-refractivity contribution in [2.75, 3.05) is 36.8 Å². The molecule has 0 atom stereocenters. The second-order valence-electron chi connectivity index (χ2n) is 8.28. The Hall–Kier alpha value is -2.39. The molecule has 0 unspecified atom stereocenters. The number of anilines is 1. The average Bonchev–Trinajstić information content (AvgIpc) is 3.26. The summed E-state index contributed by atoms with van der Waals surface area (Å²) >= 11 is 2.73. The molecule has 0 spiro atoms. The molecule has 0 aliphatic carbocycles. The SMILES string of the molecule is CC(C)CCn1c(SCC(=O)N2CCN(c3ccccc3F)CC2)nc2ccsc2c1=O. The molecule has 0 saturated carbocycles. The fraction of sp³-hybridized carbons (Fsp3) is 0.435. The quantitative estimate of drug-likeness (QED) is 0.381. The number of hydrogen-bond acceptors (Lipinski definition) is 6. The molecular weight excluding hydrogens is 447 g/mol. The van der Waals surface area contributed by atoms with Gasteiger partial charge in [0, 0.05) is 32.7 Å². The lowest BCUT2D eigenvalue weighted by molar-refractivity contribution is -0.128. The summed E-state index contributed by atoms with van der Waals surface area (Å²) in [6, 6.07) is 8.58. The summed E-state index contributed by atoms with van der Waals surface area (Å²) in [5, 5.41) is 2.47. The van der Waals surface area contributed by atoms with E-state index in [1.54, 1.807) is 16.7 Å². The fourth-order valence-corrected chi connectivity index (χ4v) is 5.45. The summed E-state index contributed by atoms with van der Waals surface area (Å²) < 4.78 is 16.4. The Labute approximate surface area is 195 Å². The molecule has 0 N–H and O–H groups in total. The molecule has 170 valence electrons. The van der Waals surface area contributed by atoms with Gasteiger partial charge in [-0.3, -0.25) is 14.2 Å². The third-order valence-electron chi connectivity index (χ3n) is 5.61. The van der Waals surface area contributed by atoms with Crippen molar-refractivity contribution < 1.29 is 9.18 Å². The molecule has 4 rings (SSSR count). The molecule has 6 nitrogen and oxygen atoms in total. The number of thioether (sulfide) groups is 1. The second kappa shape index (κ2) is 10.0. The van der Waals surface area contributed by atoms with E-state index in [1.807, 2.05) is 27.3 Å². The zero-order valence-corrected chi connectivity index (χ0v) is 19.9. The topological polar surface area (TPSA) is 58.4 Å². The summed E-state index contributed by atoms with van der Waals surface area (Å²) in [5.74, 6) is 0.463. The zero-order chi connectivity index (χ0) is 22.7. The van der Waals surface area contributed by atoms with Crippen molar-refractivity contribution in [3.8, 4) is 0 Å². The Bertz CT molecular complexity index is 1150. The van der Waals surface area contributed by atoms with E-state index < -0.39 is 0 Å². The lowest BCUT2D eigenvalue weighted by atomic mass is 10.1. The number of carbonyl (C=O) groups is 1. The molecule has 1 aliphatic rings. The second-order valence-corrected chi connectivity index (χ2v) is 10.1. The average molecular weight is 475 g/mol. The van der Waals surface area contributed by atoms with Gasteiger partial charge in [-0.15, -0.1) is 11.3 Å². The highest BCUT2D eigenvalue weighted by molar-refractivity contribution is 7.99. The van der Waals surface area contributed by atoms with Crippen molar-refractivity contribution in [1.82, 2.24) is 14.5 Å². The number of nitrogens with zero attached hydrogens (tertiary/aromatic N) is 4. The van der Waals surface area contributed by atoms with E-state index in [-0.39, 0.29) is 23.0 Å². The lowest BCUT2D eigenvalue weighted by Gasteiger charge is -2.36. The summed E-state index contributed by atoms with van der Waals surface area (Å²) in [5.41, 5.74) is 1.24. The standard InChI is InChI=1S/C23H27FN4O2S2/c1-16(2)7-9-28-22(30)21-18(8-14-31-21)25-23(28)32-15-20(29)27-12-10-26(11-13-27)19-6-4-3-5-17(19)24/h3-6,8,14,16H,7,9-13,15H2,1-2H3. The molecule has 0 bridgehead atoms. The van der Waals surface area contributed by atoms with Gasteiger partial charge in [-0.2, -0.15) is 0 Å². The van der Waals surface area contributed by atoms with Gasteiger partial charge in [0.15, 0.2) is 5.16 Å². The first kappa shape index (κ1) is 22.8. The number of rotatable bonds is 7. The van der Waals surface area contributed by atoms with Gasteiger partial charge in [0.1, 0.15) is 10.5 Å². The van der Waals surface area contributed by atoms with E-state index in [0.717, 1.165) is 6.42 Å². The molecule has 0 radical (unpaired) electrons. The summed E-state index contributed by atoms with van der Waals surface area (Å²) in [4.78, 5) is 34.3. The first-order chi connectivity index (χ1) is 15.4. The van der Waals surface area contributed by atoms with Crippen LogP contribution in [0.15, 0.2) is 45.7 Å². The first-order valence-corrected chi connectivity index (χ1v) is 12.7. The van der Waals surface area contributed by atoms with Gasteiger partial charge in [-0.1, -0.05) is 37.7 Å². The summed E-state index contributed by atoms with van der Waals surface area (Å²) in [6.07, 6.45) is 0.873. The third kappa shape index (κ3) is 4.99. The Morgan fingerprint density at radius 2 is 1.94 bits per heavy atom. The van der Waals surface area contributed by atoms with Crippen LogP contribution in [0.1, 0.15) is 20.3 Å². The van der Waals surface area contributed by atoms with Gasteiger partial charge in [0.2, 0.25) is 5.91 Å². The van der Waals surface area contributed by atoms with Crippen LogP contribution in [0.2, 0.25) is 0 Å². The number of aromatic nitrogens is 2. The first-order valence-electron chi connectivity index (χ1n) is 10.8. The highest BCUT2D eigenvalue weighted by Crippen LogP contribution is 2.23. The Kier molecular flexibility index (Phi) is 7.15. The maximum atomic E-state index is 14.0. The van der Waals surface area contributed by atoms with Crippen LogP contribution in [0.25, 0.3) is 10.2 Å². The Balaban J connectivity index is 1.41. The van der Waals surface area contributed by atoms with Crippen molar-refractivity contribution in [3.63, 3.8) is 0 Å². The number of thiophene rings is 1. The molecule has 3 heterocycles. The van der Waals surface area contributed by atoms with Crippen molar-refractivity contribution in [1.29, 1.82) is 0 Å². The van der Waals surface area contributed by atoms with E-state index in [9.17, 15) is 14.0 Å². The van der Waals surface area contributed by atoms with Crippen molar-refractivity contribution in [3.05, 3.63) is 51.9 Å². The van der Waals surface area contributed by atoms with Crippen molar-refractivity contribution in [2.45, 2.75) is 32.0 Å². The number of benzene rings is 1. The number of para-hydroxylation sites is 1. The lowest BCUT2D eigenvalue weighted by Crippen LogP contribution is -2.49. The number of hydrogen-bond donors (Lipinski definition) is 0. The largest absolute Gasteiger partial charge is 0.366 e. The van der Waals surface area contributed by atoms with Crippen LogP contribution in [0.5, 0.6) is 0 Å². The number of fused-ring (bicyclic) bond motifs is 1. The molecule has 9 heteroatoms. The van der Waals surface area contributed by atoms with Crippen molar-refractivity contribution in [2.24, 2.45) is 5.92 Å². The van der Waals surface area contributed by atoms with E-state index in [2.05, 4.69) is 18.8 Å². The van der Waals surface area contributed by atoms with E-state index >= 15 is 0 Å². The van der Waals surface area contributed by atoms with Gasteiger partial charge in [-0.25, -0.2) is 9.37 Å². The Morgan fingerprint density at radius 3 is 2.66 bits per heavy atom. The maximum absolute atomic E-state index is 14.0. The van der Waals surface area contributed by atoms with Gasteiger partial charge < -0.3 is 9.80 Å². The van der Waals surface area contributed by atoms with Gasteiger partial charge in [-0.05, 0) is 35.9 Å². The number of carbonyl (C=O) groups excluding carboxylic acids is 1. The molecule has 1 aromatic carbocycles. The monoisotopic (exact) mass is 474 g/mol. The predicted octanol–water partition coefficient (Wildman–Crippen LogP) is 4.08. The van der Waals surface area contributed by atoms with Crippen molar-refractivity contribution >= 4 is 44.9 Å². The minimum Gasteiger partial charge on any atom is -0.366 e. The molecule has 1 fully saturated rings. The molecule has 1 aliphatic heterocycles. The Morgan fingerprint density at radius 1 is 1.19 bits per heavy atom. The van der Waals surface area contributed by atoms with E-state index in [0.29, 0.717) is 59.7 Å². The van der Waals surface area contributed by atoms with Crippen LogP contribution in [-0.2, 0) is 11.3 Å². The smallest absolute Gasteiger partial charge is 0.272 e. The van der Waals surface area contributed by atoms with Crippen LogP contribution in [0, 0.1) is 11.7 Å². The van der Waals surface area contributed by atoms with Crippen LogP contribution in [-0.4, -0.2) is 52.3 Å². The predicted molar refractivity (Wildman–Crippen MR) is 129 cm³/mol. The summed E-state index contributed by atoms with van der Waals surface area (Å²) in [6.45, 7) is 7.12. The van der Waals surface area contributed by atoms with E-state index in [4.69, 9.17) is 0 Å². The molecule has 32 heavy (non-hydrogen) atoms. The molecule has 2 aromatic heterocycles. The highest BCUT2D eigenvalue weighted by atomic mass is 32.2. The number of halogens is 1. The highest BCUT2D eigenvalue weighted by Gasteiger charge is 2.23. The van der Waals surface area contributed by atoms with Crippen LogP contribution in [0.3, 0.4) is 0 Å². The zero-order valence-electron chi connectivity index (χ0n) is 18.3. The molecular formula is C23H27FN4O2S2. The fourth-order valence-electron chi connectivity index (χ4n) is 3.74. The maximum Gasteiger partial charge on any atom is 0.272 e. The van der Waals surface area contributed by atoms with Gasteiger partial charge in [0.05, 0.1) is 17.0 Å². The van der Waals surface area contributed by atoms with Gasteiger partial charge in [0.25, 0.3) is 5.56 Å². The van der Waals surface area contributed by atoms with Gasteiger partial charge >= 0.3 is 0 Å². The van der Waals surface area contributed by atoms with Crippen LogP contribution in [0.4, 0.5) is 10.1 Å². The molecule has 3 aromatic rings.